The maximum atomic E-state index is 11.1. The van der Waals surface area contributed by atoms with Gasteiger partial charge in [-0.1, -0.05) is 43.4 Å². The van der Waals surface area contributed by atoms with Gasteiger partial charge >= 0.3 is 0 Å². The smallest absolute Gasteiger partial charge is 0.229 e. The molecule has 2 aliphatic rings. The van der Waals surface area contributed by atoms with E-state index in [1.807, 2.05) is 24.3 Å². The number of hydrogen-bond donors (Lipinski definition) is 1. The molecule has 1 N–H and O–H groups in total. The van der Waals surface area contributed by atoms with Crippen molar-refractivity contribution in [2.24, 2.45) is 11.8 Å². The first-order valence-electron chi connectivity index (χ1n) is 4.61. The lowest BCUT2D eigenvalue weighted by Crippen LogP contribution is -2.56. The molecule has 2 rings (SSSR count). The average molecular weight is 175 g/mol. The molecule has 0 aromatic carbocycles. The molecule has 2 nitrogen and oxygen atoms in total. The Balaban J connectivity index is 2.19. The third-order valence-corrected chi connectivity index (χ3v) is 2.46. The van der Waals surface area contributed by atoms with E-state index in [4.69, 9.17) is 0 Å². The highest BCUT2D eigenvalue weighted by Gasteiger charge is 2.35. The normalized spacial score (nSPS) is 41.6. The van der Waals surface area contributed by atoms with Crippen LogP contribution in [0.15, 0.2) is 36.5 Å². The maximum absolute atomic E-state index is 11.1. The van der Waals surface area contributed by atoms with Gasteiger partial charge in [0.2, 0.25) is 5.91 Å². The van der Waals surface area contributed by atoms with E-state index >= 15 is 0 Å². The van der Waals surface area contributed by atoms with Crippen molar-refractivity contribution in [1.82, 2.24) is 5.32 Å². The van der Waals surface area contributed by atoms with Crippen LogP contribution in [0.4, 0.5) is 0 Å². The van der Waals surface area contributed by atoms with Crippen LogP contribution in [-0.2, 0) is 4.79 Å². The molecule has 0 unspecified atom stereocenters. The monoisotopic (exact) mass is 175 g/mol. The van der Waals surface area contributed by atoms with E-state index in [0.717, 1.165) is 0 Å². The zero-order valence-electron chi connectivity index (χ0n) is 7.60. The molecular formula is C11H13NO. The number of amides is 1. The summed E-state index contributed by atoms with van der Waals surface area (Å²) >= 11 is 0. The van der Waals surface area contributed by atoms with Crippen LogP contribution in [0.3, 0.4) is 0 Å². The van der Waals surface area contributed by atoms with Crippen LogP contribution in [0.5, 0.6) is 0 Å². The third kappa shape index (κ3) is 1.57. The Kier molecular flexibility index (Phi) is 2.05. The topological polar surface area (TPSA) is 29.1 Å². The van der Waals surface area contributed by atoms with E-state index in [1.165, 1.54) is 0 Å². The Morgan fingerprint density at radius 1 is 1.15 bits per heavy atom. The first-order chi connectivity index (χ1) is 6.27. The van der Waals surface area contributed by atoms with Crippen LogP contribution in [0.2, 0.25) is 0 Å². The lowest BCUT2D eigenvalue weighted by atomic mass is 9.89. The zero-order valence-corrected chi connectivity index (χ0v) is 7.60. The van der Waals surface area contributed by atoms with E-state index in [0.29, 0.717) is 5.92 Å². The lowest BCUT2D eigenvalue weighted by Gasteiger charge is -2.32. The Bertz CT molecular complexity index is 301. The number of fused-ring (bicyclic) bond motifs is 1. The quantitative estimate of drug-likeness (QED) is 0.438. The van der Waals surface area contributed by atoms with Crippen molar-refractivity contribution < 1.29 is 4.79 Å². The summed E-state index contributed by atoms with van der Waals surface area (Å²) in [6.45, 7) is 2.11. The molecule has 1 aliphatic carbocycles. The largest absolute Gasteiger partial charge is 0.348 e. The molecule has 1 fully saturated rings. The van der Waals surface area contributed by atoms with Crippen LogP contribution < -0.4 is 5.32 Å². The molecule has 0 saturated carbocycles. The number of carbonyl (C=O) groups is 1. The second-order valence-electron chi connectivity index (χ2n) is 3.57. The minimum absolute atomic E-state index is 0.0543. The Labute approximate surface area is 78.0 Å². The second-order valence-corrected chi connectivity index (χ2v) is 3.57. The highest BCUT2D eigenvalue weighted by molar-refractivity contribution is 5.88. The van der Waals surface area contributed by atoms with E-state index in [9.17, 15) is 4.79 Å². The number of rotatable bonds is 0. The van der Waals surface area contributed by atoms with Crippen molar-refractivity contribution in [3.63, 3.8) is 0 Å². The summed E-state index contributed by atoms with van der Waals surface area (Å²) in [5.74, 6) is 0.607. The highest BCUT2D eigenvalue weighted by atomic mass is 16.2. The molecule has 1 heterocycles. The molecular weight excluding hydrogens is 162 g/mol. The number of carbonyl (C=O) groups excluding carboxylic acids is 1. The van der Waals surface area contributed by atoms with Gasteiger partial charge in [-0.05, 0) is 5.92 Å². The minimum Gasteiger partial charge on any atom is -0.348 e. The van der Waals surface area contributed by atoms with Crippen LogP contribution in [0.25, 0.3) is 0 Å². The van der Waals surface area contributed by atoms with Crippen molar-refractivity contribution >= 4 is 5.91 Å². The van der Waals surface area contributed by atoms with Crippen LogP contribution in [0, 0.1) is 11.8 Å². The first kappa shape index (κ1) is 8.30. The Hall–Kier alpha value is -1.31. The van der Waals surface area contributed by atoms with Gasteiger partial charge in [0.1, 0.15) is 0 Å². The number of nitrogens with one attached hydrogen (secondary N) is 1. The summed E-state index contributed by atoms with van der Waals surface area (Å²) < 4.78 is 0. The van der Waals surface area contributed by atoms with Crippen LogP contribution >= 0.6 is 0 Å². The summed E-state index contributed by atoms with van der Waals surface area (Å²) in [7, 11) is 0. The Morgan fingerprint density at radius 3 is 2.69 bits per heavy atom. The molecule has 1 aliphatic heterocycles. The van der Waals surface area contributed by atoms with Gasteiger partial charge < -0.3 is 5.32 Å². The van der Waals surface area contributed by atoms with E-state index in [1.54, 1.807) is 0 Å². The summed E-state index contributed by atoms with van der Waals surface area (Å²) in [6.07, 6.45) is 12.3. The number of β-lactam (4-membered cyclic amide) rings is 1. The SMILES string of the molecule is C[C@H]1C=C[C@@H]2C(=O)N[C@@H]2/C=C\C=C/1. The van der Waals surface area contributed by atoms with E-state index < -0.39 is 0 Å². The molecule has 0 aromatic heterocycles. The minimum atomic E-state index is 0.0543. The molecule has 68 valence electrons. The highest BCUT2D eigenvalue weighted by Crippen LogP contribution is 2.20. The predicted molar refractivity (Wildman–Crippen MR) is 52.0 cm³/mol. The fourth-order valence-corrected chi connectivity index (χ4v) is 1.57. The van der Waals surface area contributed by atoms with Crippen LogP contribution in [0.1, 0.15) is 6.92 Å². The number of hydrogen-bond acceptors (Lipinski definition) is 1. The molecule has 0 bridgehead atoms. The molecule has 3 atom stereocenters. The molecule has 1 saturated heterocycles. The molecule has 0 spiro atoms. The predicted octanol–water partition coefficient (Wildman–Crippen LogP) is 1.42. The van der Waals surface area contributed by atoms with Crippen molar-refractivity contribution in [2.75, 3.05) is 0 Å². The lowest BCUT2D eigenvalue weighted by molar-refractivity contribution is -0.131. The molecule has 1 amide bonds. The molecule has 2 heteroatoms. The van der Waals surface area contributed by atoms with E-state index in [2.05, 4.69) is 24.4 Å². The zero-order chi connectivity index (χ0) is 9.26. The van der Waals surface area contributed by atoms with Gasteiger partial charge in [-0.25, -0.2) is 0 Å². The van der Waals surface area contributed by atoms with Crippen LogP contribution in [-0.4, -0.2) is 11.9 Å². The van der Waals surface area contributed by atoms with E-state index in [-0.39, 0.29) is 17.9 Å². The van der Waals surface area contributed by atoms with Crippen molar-refractivity contribution in [1.29, 1.82) is 0 Å². The molecule has 0 aromatic rings. The molecule has 0 radical (unpaired) electrons. The van der Waals surface area contributed by atoms with Gasteiger partial charge in [0.25, 0.3) is 0 Å². The standard InChI is InChI=1S/C11H13NO/c1-8-4-2-3-5-10-9(7-6-8)11(13)12-10/h2-10H,1H3,(H,12,13)/b4-2-,5-3-,7-6?/t8-,9+,10-/m1/s1. The molecule has 13 heavy (non-hydrogen) atoms. The first-order valence-corrected chi connectivity index (χ1v) is 4.61. The fourth-order valence-electron chi connectivity index (χ4n) is 1.57. The second kappa shape index (κ2) is 3.21. The van der Waals surface area contributed by atoms with Gasteiger partial charge in [-0.3, -0.25) is 4.79 Å². The van der Waals surface area contributed by atoms with Gasteiger partial charge in [0.05, 0.1) is 12.0 Å². The van der Waals surface area contributed by atoms with Crippen molar-refractivity contribution in [3.05, 3.63) is 36.5 Å². The summed E-state index contributed by atoms with van der Waals surface area (Å²) in [6, 6.07) is 0.207. The van der Waals surface area contributed by atoms with Crippen molar-refractivity contribution in [3.8, 4) is 0 Å². The summed E-state index contributed by atoms with van der Waals surface area (Å²) in [5.41, 5.74) is 0. The third-order valence-electron chi connectivity index (χ3n) is 2.46. The summed E-state index contributed by atoms with van der Waals surface area (Å²) in [4.78, 5) is 11.1. The maximum Gasteiger partial charge on any atom is 0.229 e. The fraction of sp³-hybridized carbons (Fsp3) is 0.364. The summed E-state index contributed by atoms with van der Waals surface area (Å²) in [5, 5.41) is 2.84. The van der Waals surface area contributed by atoms with Gasteiger partial charge in [-0.15, -0.1) is 0 Å². The van der Waals surface area contributed by atoms with Gasteiger partial charge in [0, 0.05) is 0 Å². The average Bonchev–Trinajstić information content (AvgIpc) is 2.15. The Morgan fingerprint density at radius 2 is 1.92 bits per heavy atom. The van der Waals surface area contributed by atoms with Gasteiger partial charge in [-0.2, -0.15) is 0 Å². The number of allylic oxidation sites excluding steroid dienone is 4. The van der Waals surface area contributed by atoms with Gasteiger partial charge in [0.15, 0.2) is 0 Å². The van der Waals surface area contributed by atoms with Crippen molar-refractivity contribution in [2.45, 2.75) is 13.0 Å².